The molecule has 0 N–H and O–H groups in total. The summed E-state index contributed by atoms with van der Waals surface area (Å²) < 4.78 is 26.1. The maximum absolute atomic E-state index is 12.5. The van der Waals surface area contributed by atoms with Gasteiger partial charge in [-0.2, -0.15) is 4.31 Å². The Bertz CT molecular complexity index is 636. The summed E-state index contributed by atoms with van der Waals surface area (Å²) in [6.45, 7) is 0.627. The van der Waals surface area contributed by atoms with Gasteiger partial charge < -0.3 is 4.90 Å². The maximum atomic E-state index is 12.5. The molecule has 0 bridgehead atoms. The molecule has 1 aliphatic heterocycles. The Morgan fingerprint density at radius 2 is 2.00 bits per heavy atom. The largest absolute Gasteiger partial charge is 0.345 e. The van der Waals surface area contributed by atoms with Crippen molar-refractivity contribution in [3.8, 4) is 0 Å². The molecule has 0 unspecified atom stereocenters. The van der Waals surface area contributed by atoms with E-state index in [1.807, 2.05) is 0 Å². The van der Waals surface area contributed by atoms with Crippen molar-refractivity contribution in [2.75, 3.05) is 26.7 Å². The van der Waals surface area contributed by atoms with E-state index in [-0.39, 0.29) is 34.1 Å². The van der Waals surface area contributed by atoms with Gasteiger partial charge in [0, 0.05) is 26.3 Å². The number of halogens is 2. The lowest BCUT2D eigenvalue weighted by atomic mass is 10.4. The lowest BCUT2D eigenvalue weighted by Crippen LogP contribution is -2.38. The van der Waals surface area contributed by atoms with Crippen LogP contribution in [-0.4, -0.2) is 55.2 Å². The third-order valence-electron chi connectivity index (χ3n) is 3.05. The van der Waals surface area contributed by atoms with E-state index >= 15 is 0 Å². The predicted molar refractivity (Wildman–Crippen MR) is 75.3 cm³/mol. The van der Waals surface area contributed by atoms with Crippen molar-refractivity contribution in [3.05, 3.63) is 22.4 Å². The van der Waals surface area contributed by atoms with Crippen molar-refractivity contribution in [2.24, 2.45) is 0 Å². The van der Waals surface area contributed by atoms with Gasteiger partial charge in [-0.05, 0) is 12.5 Å². The minimum atomic E-state index is -3.80. The Labute approximate surface area is 127 Å². The molecular formula is C11H13Cl2N3O3S. The van der Waals surface area contributed by atoms with Gasteiger partial charge in [0.2, 0.25) is 15.9 Å². The average molecular weight is 338 g/mol. The molecule has 110 valence electrons. The number of pyridine rings is 1. The molecular weight excluding hydrogens is 325 g/mol. The van der Waals surface area contributed by atoms with Gasteiger partial charge in [-0.1, -0.05) is 23.2 Å². The van der Waals surface area contributed by atoms with E-state index in [9.17, 15) is 13.2 Å². The smallest absolute Gasteiger partial charge is 0.245 e. The first-order valence-corrected chi connectivity index (χ1v) is 8.07. The second-order valence-corrected chi connectivity index (χ2v) is 7.15. The van der Waals surface area contributed by atoms with E-state index in [2.05, 4.69) is 4.98 Å². The highest BCUT2D eigenvalue weighted by atomic mass is 35.5. The van der Waals surface area contributed by atoms with Gasteiger partial charge in [-0.25, -0.2) is 13.4 Å². The Morgan fingerprint density at radius 1 is 1.30 bits per heavy atom. The molecule has 0 saturated carbocycles. The van der Waals surface area contributed by atoms with Crippen LogP contribution in [0.1, 0.15) is 6.42 Å². The van der Waals surface area contributed by atoms with E-state index in [4.69, 9.17) is 23.2 Å². The fourth-order valence-corrected chi connectivity index (χ4v) is 3.59. The topological polar surface area (TPSA) is 70.6 Å². The summed E-state index contributed by atoms with van der Waals surface area (Å²) in [6.07, 6.45) is 1.72. The number of hydrogen-bond acceptors (Lipinski definition) is 4. The van der Waals surface area contributed by atoms with Crippen LogP contribution in [-0.2, 0) is 14.8 Å². The van der Waals surface area contributed by atoms with Gasteiger partial charge in [0.05, 0.1) is 11.6 Å². The number of rotatable bonds is 2. The summed E-state index contributed by atoms with van der Waals surface area (Å²) in [6, 6.07) is 1.24. The number of aromatic nitrogens is 1. The first-order chi connectivity index (χ1) is 9.32. The second-order valence-electron chi connectivity index (χ2n) is 4.45. The highest BCUT2D eigenvalue weighted by Crippen LogP contribution is 2.24. The average Bonchev–Trinajstić information content (AvgIpc) is 2.56. The summed E-state index contributed by atoms with van der Waals surface area (Å²) >= 11 is 11.5. The first kappa shape index (κ1) is 15.5. The van der Waals surface area contributed by atoms with Crippen LogP contribution in [0.15, 0.2) is 17.2 Å². The summed E-state index contributed by atoms with van der Waals surface area (Å²) in [4.78, 5) is 17.0. The van der Waals surface area contributed by atoms with Crippen LogP contribution in [0, 0.1) is 0 Å². The minimum Gasteiger partial charge on any atom is -0.345 e. The molecule has 2 rings (SSSR count). The van der Waals surface area contributed by atoms with Crippen molar-refractivity contribution in [2.45, 2.75) is 11.3 Å². The van der Waals surface area contributed by atoms with Crippen molar-refractivity contribution in [1.29, 1.82) is 0 Å². The van der Waals surface area contributed by atoms with E-state index in [0.29, 0.717) is 13.0 Å². The van der Waals surface area contributed by atoms with Crippen LogP contribution in [0.2, 0.25) is 10.2 Å². The van der Waals surface area contributed by atoms with Crippen molar-refractivity contribution in [3.63, 3.8) is 0 Å². The third-order valence-corrected chi connectivity index (χ3v) is 5.54. The van der Waals surface area contributed by atoms with Crippen LogP contribution in [0.25, 0.3) is 0 Å². The van der Waals surface area contributed by atoms with E-state index in [1.54, 1.807) is 7.05 Å². The maximum Gasteiger partial charge on any atom is 0.245 e. The number of carbonyl (C=O) groups excluding carboxylic acids is 1. The normalized spacial score (nSPS) is 18.1. The van der Waals surface area contributed by atoms with E-state index in [1.165, 1.54) is 11.0 Å². The first-order valence-electron chi connectivity index (χ1n) is 5.87. The number of hydrogen-bond donors (Lipinski definition) is 0. The number of likely N-dealkylation sites (N-methyl/N-ethyl adjacent to an activating group) is 1. The molecule has 0 radical (unpaired) electrons. The lowest BCUT2D eigenvalue weighted by Gasteiger charge is -2.19. The van der Waals surface area contributed by atoms with Gasteiger partial charge >= 0.3 is 0 Å². The molecule has 9 heteroatoms. The quantitative estimate of drug-likeness (QED) is 0.761. The van der Waals surface area contributed by atoms with Crippen LogP contribution < -0.4 is 0 Å². The molecule has 1 aliphatic rings. The molecule has 0 aromatic carbocycles. The molecule has 0 atom stereocenters. The van der Waals surface area contributed by atoms with E-state index in [0.717, 1.165) is 10.5 Å². The van der Waals surface area contributed by atoms with Gasteiger partial charge in [0.25, 0.3) is 0 Å². The summed E-state index contributed by atoms with van der Waals surface area (Å²) in [7, 11) is -2.15. The molecule has 6 nitrogen and oxygen atoms in total. The number of carbonyl (C=O) groups is 1. The molecule has 2 heterocycles. The van der Waals surface area contributed by atoms with Crippen LogP contribution in [0.3, 0.4) is 0 Å². The van der Waals surface area contributed by atoms with Gasteiger partial charge in [0.1, 0.15) is 10.0 Å². The summed E-state index contributed by atoms with van der Waals surface area (Å²) in [5.74, 6) is -0.237. The highest BCUT2D eigenvalue weighted by Gasteiger charge is 2.30. The fraction of sp³-hybridized carbons (Fsp3) is 0.455. The zero-order chi connectivity index (χ0) is 14.9. The Hall–Kier alpha value is -0.890. The number of nitrogens with zero attached hydrogens (tertiary/aromatic N) is 3. The molecule has 0 spiro atoms. The monoisotopic (exact) mass is 337 g/mol. The Morgan fingerprint density at radius 3 is 2.65 bits per heavy atom. The van der Waals surface area contributed by atoms with Crippen LogP contribution in [0.4, 0.5) is 0 Å². The Kier molecular flexibility index (Phi) is 4.53. The van der Waals surface area contributed by atoms with Gasteiger partial charge in [-0.3, -0.25) is 4.79 Å². The SMILES string of the molecule is CN1CCCN(S(=O)(=O)c2cnc(Cl)c(Cl)c2)CC1=O. The van der Waals surface area contributed by atoms with Crippen LogP contribution >= 0.6 is 23.2 Å². The predicted octanol–water partition coefficient (Wildman–Crippen LogP) is 1.24. The van der Waals surface area contributed by atoms with Crippen LogP contribution in [0.5, 0.6) is 0 Å². The molecule has 1 amide bonds. The van der Waals surface area contributed by atoms with Crippen molar-refractivity contribution >= 4 is 39.1 Å². The zero-order valence-electron chi connectivity index (χ0n) is 10.7. The van der Waals surface area contributed by atoms with E-state index < -0.39 is 10.0 Å². The molecule has 1 fully saturated rings. The highest BCUT2D eigenvalue weighted by molar-refractivity contribution is 7.89. The van der Waals surface area contributed by atoms with Crippen molar-refractivity contribution in [1.82, 2.24) is 14.2 Å². The number of sulfonamides is 1. The summed E-state index contributed by atoms with van der Waals surface area (Å²) in [5.41, 5.74) is 0. The molecule has 1 saturated heterocycles. The second kappa shape index (κ2) is 5.85. The molecule has 1 aromatic heterocycles. The minimum absolute atomic E-state index is 0.0392. The lowest BCUT2D eigenvalue weighted by molar-refractivity contribution is -0.129. The third kappa shape index (κ3) is 3.06. The van der Waals surface area contributed by atoms with Gasteiger partial charge in [-0.15, -0.1) is 0 Å². The molecule has 0 aliphatic carbocycles. The van der Waals surface area contributed by atoms with Crippen molar-refractivity contribution < 1.29 is 13.2 Å². The molecule has 1 aromatic rings. The fourth-order valence-electron chi connectivity index (χ4n) is 1.86. The number of amides is 1. The van der Waals surface area contributed by atoms with Gasteiger partial charge in [0.15, 0.2) is 0 Å². The standard InChI is InChI=1S/C11H13Cl2N3O3S/c1-15-3-2-4-16(7-10(15)17)20(18,19)8-5-9(12)11(13)14-6-8/h5-6H,2-4,7H2,1H3. The summed E-state index contributed by atoms with van der Waals surface area (Å²) in [5, 5.41) is 0.100. The Balaban J connectivity index is 2.34. The molecule has 20 heavy (non-hydrogen) atoms. The zero-order valence-corrected chi connectivity index (χ0v) is 13.0.